The van der Waals surface area contributed by atoms with E-state index in [9.17, 15) is 33.6 Å². The third kappa shape index (κ3) is 20.3. The first kappa shape index (κ1) is 64.5. The molecule has 18 nitrogen and oxygen atoms in total. The zero-order valence-corrected chi connectivity index (χ0v) is 47.8. The molecule has 1 unspecified atom stereocenters. The number of carbonyl (C=O) groups excluding carboxylic acids is 7. The molecular formula is C55H100BN7O11. The van der Waals surface area contributed by atoms with Gasteiger partial charge in [-0.25, -0.2) is 0 Å². The van der Waals surface area contributed by atoms with Crippen LogP contribution < -0.4 is 31.9 Å². The molecule has 0 aromatic rings. The van der Waals surface area contributed by atoms with Crippen LogP contribution in [0.3, 0.4) is 0 Å². The van der Waals surface area contributed by atoms with Gasteiger partial charge in [-0.3, -0.25) is 33.6 Å². The Morgan fingerprint density at radius 1 is 0.649 bits per heavy atom. The van der Waals surface area contributed by atoms with Crippen molar-refractivity contribution in [2.24, 2.45) is 23.2 Å². The lowest BCUT2D eigenvalue weighted by atomic mass is 9.43. The number of likely N-dealkylation sites (N-methyl/N-ethyl adjacent to an activating group) is 1. The molecular weight excluding hydrogens is 945 g/mol. The van der Waals surface area contributed by atoms with E-state index < -0.39 is 91.0 Å². The molecule has 10 atom stereocenters. The third-order valence-electron chi connectivity index (χ3n) is 15.7. The van der Waals surface area contributed by atoms with Crippen molar-refractivity contribution in [1.82, 2.24) is 36.8 Å². The number of hydrogen-bond donors (Lipinski definition) is 6. The molecule has 19 heteroatoms. The van der Waals surface area contributed by atoms with Crippen molar-refractivity contribution in [2.45, 2.75) is 246 Å². The van der Waals surface area contributed by atoms with Crippen molar-refractivity contribution in [3.8, 4) is 0 Å². The van der Waals surface area contributed by atoms with Gasteiger partial charge in [0, 0.05) is 26.7 Å². The van der Waals surface area contributed by atoms with Crippen LogP contribution in [-0.4, -0.2) is 141 Å². The fourth-order valence-corrected chi connectivity index (χ4v) is 10.7. The van der Waals surface area contributed by atoms with Gasteiger partial charge in [-0.1, -0.05) is 126 Å². The second-order valence-corrected chi connectivity index (χ2v) is 22.7. The molecule has 74 heavy (non-hydrogen) atoms. The summed E-state index contributed by atoms with van der Waals surface area (Å²) in [6, 6.07) is -5.35. The van der Waals surface area contributed by atoms with Gasteiger partial charge < -0.3 is 55.6 Å². The lowest BCUT2D eigenvalue weighted by Crippen LogP contribution is -2.65. The van der Waals surface area contributed by atoms with Gasteiger partial charge in [-0.05, 0) is 89.4 Å². The number of nitrogens with one attached hydrogen (secondary N) is 6. The minimum Gasteiger partial charge on any atom is -0.404 e. The first-order valence-electron chi connectivity index (χ1n) is 28.6. The molecule has 3 saturated carbocycles. The molecule has 0 aromatic carbocycles. The van der Waals surface area contributed by atoms with Crippen molar-refractivity contribution in [2.75, 3.05) is 39.9 Å². The van der Waals surface area contributed by atoms with E-state index >= 15 is 0 Å². The number of unbranched alkanes of at least 4 members (excludes halogenated alkanes) is 12. The molecule has 2 bridgehead atoms. The van der Waals surface area contributed by atoms with Crippen LogP contribution >= 0.6 is 0 Å². The van der Waals surface area contributed by atoms with Crippen molar-refractivity contribution >= 4 is 48.5 Å². The highest BCUT2D eigenvalue weighted by Gasteiger charge is 2.67. The summed E-state index contributed by atoms with van der Waals surface area (Å²) in [6.07, 6.45) is 17.9. The topological polar surface area (TPSA) is 232 Å². The van der Waals surface area contributed by atoms with Crippen molar-refractivity contribution in [1.29, 1.82) is 0 Å². The smallest absolute Gasteiger partial charge is 0.404 e. The Morgan fingerprint density at radius 3 is 1.84 bits per heavy atom. The lowest BCUT2D eigenvalue weighted by molar-refractivity contribution is -0.199. The highest BCUT2D eigenvalue weighted by atomic mass is 16.7. The summed E-state index contributed by atoms with van der Waals surface area (Å²) in [4.78, 5) is 96.0. The Balaban J connectivity index is 1.54. The minimum atomic E-state index is -1.21. The zero-order valence-electron chi connectivity index (χ0n) is 47.8. The Kier molecular flexibility index (Phi) is 28.5. The first-order chi connectivity index (χ1) is 35.1. The molecule has 1 heterocycles. The van der Waals surface area contributed by atoms with Gasteiger partial charge in [0.25, 0.3) is 0 Å². The second kappa shape index (κ2) is 32.7. The van der Waals surface area contributed by atoms with Crippen LogP contribution in [0.1, 0.15) is 198 Å². The van der Waals surface area contributed by atoms with Crippen LogP contribution in [0.5, 0.6) is 0 Å². The van der Waals surface area contributed by atoms with Gasteiger partial charge in [-0.15, -0.1) is 0 Å². The largest absolute Gasteiger partial charge is 0.478 e. The number of carbonyl (C=O) groups is 7. The second-order valence-electron chi connectivity index (χ2n) is 22.7. The molecule has 4 fully saturated rings. The summed E-state index contributed by atoms with van der Waals surface area (Å²) in [6.45, 7) is 21.6. The van der Waals surface area contributed by atoms with E-state index in [1.54, 1.807) is 6.92 Å². The lowest BCUT2D eigenvalue weighted by Gasteiger charge is -2.64. The number of ether oxygens (including phenoxy) is 2. The van der Waals surface area contributed by atoms with Crippen LogP contribution in [0.25, 0.3) is 0 Å². The Morgan fingerprint density at radius 2 is 1.23 bits per heavy atom. The van der Waals surface area contributed by atoms with Crippen LogP contribution in [-0.2, 0) is 52.3 Å². The molecule has 4 rings (SSSR count). The summed E-state index contributed by atoms with van der Waals surface area (Å²) in [5, 5.41) is 16.5. The quantitative estimate of drug-likeness (QED) is 0.0307. The average molecular weight is 1050 g/mol. The molecule has 3 aliphatic carbocycles. The Hall–Kier alpha value is -3.81. The van der Waals surface area contributed by atoms with E-state index in [4.69, 9.17) is 18.8 Å². The van der Waals surface area contributed by atoms with Gasteiger partial charge in [0.1, 0.15) is 30.2 Å². The number of rotatable bonds is 38. The van der Waals surface area contributed by atoms with Gasteiger partial charge in [0.05, 0.1) is 37.4 Å². The first-order valence-corrected chi connectivity index (χ1v) is 28.6. The maximum absolute atomic E-state index is 14.1. The van der Waals surface area contributed by atoms with Crippen molar-refractivity contribution in [3.63, 3.8) is 0 Å². The standard InChI is InChI=1S/C55H100BN7O11/c1-13-16-19-20-21-22-23-24-25-26-27-28-46(64)61-43(35-71-29-17-14-2)52(69)59-38(6)49(66)57-34-47(65)63(12)48(40(8)72-30-18-15-3)53(70)60-39(7)50(67)62-42(31-37(4)5)51(68)58-36-56-73-45-33-41-32-44(54(41,9)10)55(45,11)74-56/h37-45,48H,13-36H2,1-12H3,(H,57,66)(H,58,68)(H,59,69)(H,60,70)(H,61,64)(H,62,67)/t38-,39+,40?,41+,42+,43-,44+,45-,48+,55+/m1/s1. The molecule has 0 spiro atoms. The molecule has 0 radical (unpaired) electrons. The van der Waals surface area contributed by atoms with E-state index in [-0.39, 0.29) is 42.8 Å². The molecule has 424 valence electrons. The summed E-state index contributed by atoms with van der Waals surface area (Å²) in [7, 11) is 0.803. The summed E-state index contributed by atoms with van der Waals surface area (Å²) < 4.78 is 24.5. The minimum absolute atomic E-state index is 0.0353. The molecule has 7 amide bonds. The van der Waals surface area contributed by atoms with Crippen LogP contribution in [0.2, 0.25) is 0 Å². The molecule has 1 aliphatic heterocycles. The van der Waals surface area contributed by atoms with E-state index in [0.29, 0.717) is 44.3 Å². The van der Waals surface area contributed by atoms with Gasteiger partial charge in [0.15, 0.2) is 0 Å². The van der Waals surface area contributed by atoms with E-state index in [1.807, 2.05) is 27.7 Å². The highest BCUT2D eigenvalue weighted by Crippen LogP contribution is 2.65. The van der Waals surface area contributed by atoms with Crippen molar-refractivity contribution < 1.29 is 52.3 Å². The maximum atomic E-state index is 14.1. The molecule has 4 aliphatic rings. The van der Waals surface area contributed by atoms with Crippen LogP contribution in [0, 0.1) is 23.2 Å². The maximum Gasteiger partial charge on any atom is 0.478 e. The number of nitrogens with zero attached hydrogens (tertiary/aromatic N) is 1. The number of amides is 7. The summed E-state index contributed by atoms with van der Waals surface area (Å²) in [5.41, 5.74) is -0.243. The average Bonchev–Trinajstić information content (AvgIpc) is 3.70. The normalized spacial score (nSPS) is 22.0. The molecule has 0 aromatic heterocycles. The highest BCUT2D eigenvalue weighted by molar-refractivity contribution is 6.46. The monoisotopic (exact) mass is 1050 g/mol. The molecule has 6 N–H and O–H groups in total. The van der Waals surface area contributed by atoms with Gasteiger partial charge in [-0.2, -0.15) is 0 Å². The summed E-state index contributed by atoms with van der Waals surface area (Å²) in [5.74, 6) is -2.80. The summed E-state index contributed by atoms with van der Waals surface area (Å²) >= 11 is 0. The number of hydrogen-bond acceptors (Lipinski definition) is 11. The SMILES string of the molecule is CCCCCCCCCCCCCC(=O)N[C@H](COCCCC)C(=O)N[C@H](C)C(=O)NCC(=O)N(C)[C@H](C(=O)N[C@@H](C)C(=O)N[C@@H](CC(C)C)C(=O)NCB1O[C@@H]2C[C@@H]3C[C@@H](C3(C)C)[C@]2(C)O1)C(C)OCCCC. The fourth-order valence-electron chi connectivity index (χ4n) is 10.7. The van der Waals surface area contributed by atoms with Crippen LogP contribution in [0.15, 0.2) is 0 Å². The zero-order chi connectivity index (χ0) is 55.0. The predicted octanol–water partition coefficient (Wildman–Crippen LogP) is 6.06. The van der Waals surface area contributed by atoms with Crippen LogP contribution in [0.4, 0.5) is 0 Å². The van der Waals surface area contributed by atoms with Gasteiger partial charge in [0.2, 0.25) is 41.4 Å². The Labute approximate surface area is 445 Å². The predicted molar refractivity (Wildman–Crippen MR) is 288 cm³/mol. The van der Waals surface area contributed by atoms with E-state index in [2.05, 4.69) is 59.6 Å². The van der Waals surface area contributed by atoms with E-state index in [1.165, 1.54) is 65.8 Å². The Bertz CT molecular complexity index is 1770. The van der Waals surface area contributed by atoms with Gasteiger partial charge >= 0.3 is 7.12 Å². The fraction of sp³-hybridized carbons (Fsp3) is 0.873. The molecule has 1 saturated heterocycles. The third-order valence-corrected chi connectivity index (χ3v) is 15.7. The van der Waals surface area contributed by atoms with Crippen molar-refractivity contribution in [3.05, 3.63) is 0 Å². The van der Waals surface area contributed by atoms with E-state index in [0.717, 1.165) is 56.3 Å².